The molecule has 0 saturated carbocycles. The molecule has 0 radical (unpaired) electrons. The van der Waals surface area contributed by atoms with Gasteiger partial charge in [-0.2, -0.15) is 5.10 Å². The van der Waals surface area contributed by atoms with E-state index in [0.29, 0.717) is 17.9 Å². The van der Waals surface area contributed by atoms with Crippen molar-refractivity contribution in [1.82, 2.24) is 10.4 Å². The van der Waals surface area contributed by atoms with E-state index in [9.17, 15) is 4.79 Å². The van der Waals surface area contributed by atoms with Crippen LogP contribution in [0, 0.1) is 0 Å². The van der Waals surface area contributed by atoms with Crippen molar-refractivity contribution in [2.24, 2.45) is 5.10 Å². The fourth-order valence-electron chi connectivity index (χ4n) is 1.81. The van der Waals surface area contributed by atoms with E-state index in [1.54, 1.807) is 24.5 Å². The maximum atomic E-state index is 11.9. The number of rotatable bonds is 5. The Kier molecular flexibility index (Phi) is 5.04. The third kappa shape index (κ3) is 3.89. The van der Waals surface area contributed by atoms with Crippen LogP contribution in [0.4, 0.5) is 0 Å². The molecule has 0 bridgehead atoms. The van der Waals surface area contributed by atoms with Gasteiger partial charge in [-0.1, -0.05) is 12.1 Å². The number of nitrogens with one attached hydrogen (secondary N) is 1. The van der Waals surface area contributed by atoms with Gasteiger partial charge in [-0.3, -0.25) is 9.78 Å². The summed E-state index contributed by atoms with van der Waals surface area (Å²) in [6.45, 7) is 4.33. The molecule has 5 nitrogen and oxygen atoms in total. The van der Waals surface area contributed by atoms with Crippen molar-refractivity contribution < 1.29 is 9.53 Å². The van der Waals surface area contributed by atoms with Crippen LogP contribution in [0.5, 0.6) is 5.75 Å². The van der Waals surface area contributed by atoms with E-state index in [4.69, 9.17) is 4.74 Å². The Bertz CT molecular complexity index is 639. The molecule has 1 heterocycles. The SMILES string of the molecule is CCOc1ccccc1/C(C)=N/NC(=O)c1ccncc1. The molecule has 0 atom stereocenters. The molecule has 0 fully saturated rings. The average molecular weight is 283 g/mol. The van der Waals surface area contributed by atoms with Gasteiger partial charge in [-0.05, 0) is 38.1 Å². The van der Waals surface area contributed by atoms with Gasteiger partial charge in [0.05, 0.1) is 12.3 Å². The largest absolute Gasteiger partial charge is 0.493 e. The summed E-state index contributed by atoms with van der Waals surface area (Å²) in [4.78, 5) is 15.8. The quantitative estimate of drug-likeness (QED) is 0.677. The van der Waals surface area contributed by atoms with Crippen LogP contribution in [0.1, 0.15) is 29.8 Å². The van der Waals surface area contributed by atoms with Gasteiger partial charge in [0.25, 0.3) is 5.91 Å². The lowest BCUT2D eigenvalue weighted by atomic mass is 10.1. The molecule has 108 valence electrons. The molecule has 1 aromatic heterocycles. The molecule has 1 amide bonds. The lowest BCUT2D eigenvalue weighted by Gasteiger charge is -2.09. The molecule has 0 unspecified atom stereocenters. The summed E-state index contributed by atoms with van der Waals surface area (Å²) in [7, 11) is 0. The molecular weight excluding hydrogens is 266 g/mol. The highest BCUT2D eigenvalue weighted by Crippen LogP contribution is 2.18. The van der Waals surface area contributed by atoms with Crippen LogP contribution in [0.3, 0.4) is 0 Å². The van der Waals surface area contributed by atoms with Crippen molar-refractivity contribution in [1.29, 1.82) is 0 Å². The number of hydrogen-bond acceptors (Lipinski definition) is 4. The predicted octanol–water partition coefficient (Wildman–Crippen LogP) is 2.63. The van der Waals surface area contributed by atoms with Crippen LogP contribution in [-0.2, 0) is 0 Å². The van der Waals surface area contributed by atoms with E-state index in [2.05, 4.69) is 15.5 Å². The Morgan fingerprint density at radius 3 is 2.67 bits per heavy atom. The molecule has 1 N–H and O–H groups in total. The Labute approximate surface area is 123 Å². The molecule has 0 saturated heterocycles. The Morgan fingerprint density at radius 1 is 1.24 bits per heavy atom. The maximum Gasteiger partial charge on any atom is 0.271 e. The fourth-order valence-corrected chi connectivity index (χ4v) is 1.81. The maximum absolute atomic E-state index is 11.9. The van der Waals surface area contributed by atoms with E-state index in [1.807, 2.05) is 38.1 Å². The van der Waals surface area contributed by atoms with Gasteiger partial charge < -0.3 is 4.74 Å². The first-order valence-corrected chi connectivity index (χ1v) is 6.69. The molecule has 0 aliphatic rings. The van der Waals surface area contributed by atoms with Crippen LogP contribution in [-0.4, -0.2) is 23.2 Å². The first-order chi connectivity index (χ1) is 10.2. The number of nitrogens with zero attached hydrogens (tertiary/aromatic N) is 2. The Hall–Kier alpha value is -2.69. The number of benzene rings is 1. The normalized spacial score (nSPS) is 11.0. The number of hydrogen-bond donors (Lipinski definition) is 1. The molecule has 5 heteroatoms. The minimum Gasteiger partial charge on any atom is -0.493 e. The smallest absolute Gasteiger partial charge is 0.271 e. The van der Waals surface area contributed by atoms with E-state index < -0.39 is 0 Å². The second-order valence-electron chi connectivity index (χ2n) is 4.30. The number of amides is 1. The van der Waals surface area contributed by atoms with Crippen molar-refractivity contribution >= 4 is 11.6 Å². The number of hydrazone groups is 1. The molecule has 0 aliphatic heterocycles. The van der Waals surface area contributed by atoms with Gasteiger partial charge in [-0.25, -0.2) is 5.43 Å². The van der Waals surface area contributed by atoms with E-state index in [-0.39, 0.29) is 5.91 Å². The standard InChI is InChI=1S/C16H17N3O2/c1-3-21-15-7-5-4-6-14(15)12(2)18-19-16(20)13-8-10-17-11-9-13/h4-11H,3H2,1-2H3,(H,19,20)/b18-12+. The Balaban J connectivity index is 2.13. The van der Waals surface area contributed by atoms with Gasteiger partial charge in [0.1, 0.15) is 5.75 Å². The van der Waals surface area contributed by atoms with Crippen molar-refractivity contribution in [3.63, 3.8) is 0 Å². The van der Waals surface area contributed by atoms with Gasteiger partial charge in [0.15, 0.2) is 0 Å². The summed E-state index contributed by atoms with van der Waals surface area (Å²) in [5.41, 5.74) is 4.58. The fraction of sp³-hybridized carbons (Fsp3) is 0.188. The number of para-hydroxylation sites is 1. The van der Waals surface area contributed by atoms with Crippen LogP contribution in [0.15, 0.2) is 53.9 Å². The summed E-state index contributed by atoms with van der Waals surface area (Å²) in [6.07, 6.45) is 3.13. The van der Waals surface area contributed by atoms with Crippen LogP contribution < -0.4 is 10.2 Å². The first kappa shape index (κ1) is 14.7. The minimum absolute atomic E-state index is 0.273. The summed E-state index contributed by atoms with van der Waals surface area (Å²) in [5, 5.41) is 4.13. The summed E-state index contributed by atoms with van der Waals surface area (Å²) in [5.74, 6) is 0.477. The molecule has 0 aliphatic carbocycles. The summed E-state index contributed by atoms with van der Waals surface area (Å²) >= 11 is 0. The zero-order chi connectivity index (χ0) is 15.1. The van der Waals surface area contributed by atoms with Crippen molar-refractivity contribution in [2.75, 3.05) is 6.61 Å². The highest BCUT2D eigenvalue weighted by atomic mass is 16.5. The number of aromatic nitrogens is 1. The third-order valence-electron chi connectivity index (χ3n) is 2.84. The van der Waals surface area contributed by atoms with Crippen LogP contribution in [0.25, 0.3) is 0 Å². The predicted molar refractivity (Wildman–Crippen MR) is 81.5 cm³/mol. The third-order valence-corrected chi connectivity index (χ3v) is 2.84. The summed E-state index contributed by atoms with van der Waals surface area (Å²) < 4.78 is 5.55. The lowest BCUT2D eigenvalue weighted by Crippen LogP contribution is -2.19. The topological polar surface area (TPSA) is 63.6 Å². The lowest BCUT2D eigenvalue weighted by molar-refractivity contribution is 0.0954. The van der Waals surface area contributed by atoms with Gasteiger partial charge in [0, 0.05) is 23.5 Å². The van der Waals surface area contributed by atoms with Crippen LogP contribution >= 0.6 is 0 Å². The summed E-state index contributed by atoms with van der Waals surface area (Å²) in [6, 6.07) is 10.9. The number of carbonyl (C=O) groups is 1. The van der Waals surface area contributed by atoms with Crippen molar-refractivity contribution in [3.8, 4) is 5.75 Å². The number of pyridine rings is 1. The average Bonchev–Trinajstić information content (AvgIpc) is 2.54. The minimum atomic E-state index is -0.273. The second kappa shape index (κ2) is 7.19. The molecule has 2 rings (SSSR count). The molecule has 21 heavy (non-hydrogen) atoms. The molecular formula is C16H17N3O2. The van der Waals surface area contributed by atoms with Gasteiger partial charge in [-0.15, -0.1) is 0 Å². The molecule has 1 aromatic carbocycles. The van der Waals surface area contributed by atoms with Crippen LogP contribution in [0.2, 0.25) is 0 Å². The first-order valence-electron chi connectivity index (χ1n) is 6.69. The zero-order valence-electron chi connectivity index (χ0n) is 12.0. The van der Waals surface area contributed by atoms with E-state index in [0.717, 1.165) is 11.3 Å². The van der Waals surface area contributed by atoms with Gasteiger partial charge >= 0.3 is 0 Å². The van der Waals surface area contributed by atoms with Crippen molar-refractivity contribution in [3.05, 3.63) is 59.9 Å². The highest BCUT2D eigenvalue weighted by molar-refractivity contribution is 6.02. The zero-order valence-corrected chi connectivity index (χ0v) is 12.0. The highest BCUT2D eigenvalue weighted by Gasteiger charge is 2.07. The second-order valence-corrected chi connectivity index (χ2v) is 4.30. The van der Waals surface area contributed by atoms with E-state index in [1.165, 1.54) is 0 Å². The molecule has 2 aromatic rings. The van der Waals surface area contributed by atoms with Gasteiger partial charge in [0.2, 0.25) is 0 Å². The monoisotopic (exact) mass is 283 g/mol. The number of ether oxygens (including phenoxy) is 1. The Morgan fingerprint density at radius 2 is 1.95 bits per heavy atom. The number of carbonyl (C=O) groups excluding carboxylic acids is 1. The van der Waals surface area contributed by atoms with Crippen molar-refractivity contribution in [2.45, 2.75) is 13.8 Å². The van der Waals surface area contributed by atoms with E-state index >= 15 is 0 Å². The molecule has 0 spiro atoms.